The van der Waals surface area contributed by atoms with Crippen LogP contribution in [0.3, 0.4) is 0 Å². The second kappa shape index (κ2) is 7.66. The molecule has 3 rings (SSSR count). The van der Waals surface area contributed by atoms with Crippen LogP contribution in [0.4, 0.5) is 0 Å². The van der Waals surface area contributed by atoms with E-state index in [1.54, 1.807) is 0 Å². The number of rotatable bonds is 5. The Labute approximate surface area is 139 Å². The quantitative estimate of drug-likeness (QED) is 0.769. The number of benzene rings is 2. The molecule has 0 aliphatic heterocycles. The highest BCUT2D eigenvalue weighted by molar-refractivity contribution is 5.43. The van der Waals surface area contributed by atoms with Crippen molar-refractivity contribution in [2.75, 3.05) is 27.2 Å². The standard InChI is InChI=1S/C19H23NO.ClH/c1-20(2)13-14-21-17-10-7-16(8-11-17)19-12-9-15-5-3-4-6-18(15)19;/h3-8,10-11,19H,9,12-14H2,1-2H3;1H. The lowest BCUT2D eigenvalue weighted by atomic mass is 9.93. The Balaban J connectivity index is 0.00000176. The summed E-state index contributed by atoms with van der Waals surface area (Å²) < 4.78 is 5.78. The van der Waals surface area contributed by atoms with Crippen molar-refractivity contribution in [3.05, 3.63) is 65.2 Å². The summed E-state index contributed by atoms with van der Waals surface area (Å²) >= 11 is 0. The Morgan fingerprint density at radius 2 is 1.77 bits per heavy atom. The molecule has 0 radical (unpaired) electrons. The zero-order valence-electron chi connectivity index (χ0n) is 13.3. The molecule has 1 atom stereocenters. The lowest BCUT2D eigenvalue weighted by molar-refractivity contribution is -0.858. The monoisotopic (exact) mass is 317 g/mol. The maximum absolute atomic E-state index is 5.78. The molecule has 2 aromatic carbocycles. The van der Waals surface area contributed by atoms with Gasteiger partial charge in [0.2, 0.25) is 0 Å². The summed E-state index contributed by atoms with van der Waals surface area (Å²) in [7, 11) is 4.29. The van der Waals surface area contributed by atoms with Crippen LogP contribution >= 0.6 is 0 Å². The second-order valence-corrected chi connectivity index (χ2v) is 6.16. The van der Waals surface area contributed by atoms with Gasteiger partial charge in [-0.2, -0.15) is 0 Å². The normalized spacial score (nSPS) is 16.2. The van der Waals surface area contributed by atoms with E-state index in [1.807, 2.05) is 0 Å². The van der Waals surface area contributed by atoms with Gasteiger partial charge < -0.3 is 22.0 Å². The molecular weight excluding hydrogens is 294 g/mol. The smallest absolute Gasteiger partial charge is 0.137 e. The molecule has 2 aromatic rings. The van der Waals surface area contributed by atoms with Crippen molar-refractivity contribution in [1.82, 2.24) is 0 Å². The number of fused-ring (bicyclic) bond motifs is 1. The molecule has 1 N–H and O–H groups in total. The molecule has 2 nitrogen and oxygen atoms in total. The van der Waals surface area contributed by atoms with Crippen LogP contribution in [0.25, 0.3) is 0 Å². The predicted octanol–water partition coefficient (Wildman–Crippen LogP) is -0.708. The molecule has 0 saturated carbocycles. The van der Waals surface area contributed by atoms with E-state index in [2.05, 4.69) is 62.6 Å². The lowest BCUT2D eigenvalue weighted by Gasteiger charge is -2.13. The molecule has 1 aliphatic carbocycles. The SMILES string of the molecule is C[NH+](C)CCOc1ccc(C2CCc3ccccc32)cc1.[Cl-]. The van der Waals surface area contributed by atoms with Crippen molar-refractivity contribution in [3.8, 4) is 5.75 Å². The van der Waals surface area contributed by atoms with Gasteiger partial charge in [0.05, 0.1) is 14.1 Å². The molecular formula is C19H24ClNO. The third-order valence-corrected chi connectivity index (χ3v) is 4.29. The van der Waals surface area contributed by atoms with Crippen LogP contribution in [0, 0.1) is 0 Å². The minimum Gasteiger partial charge on any atom is -1.00 e. The van der Waals surface area contributed by atoms with Gasteiger partial charge in [-0.05, 0) is 41.7 Å². The van der Waals surface area contributed by atoms with Gasteiger partial charge in [-0.15, -0.1) is 0 Å². The fraction of sp³-hybridized carbons (Fsp3) is 0.368. The Morgan fingerprint density at radius 1 is 1.05 bits per heavy atom. The van der Waals surface area contributed by atoms with E-state index in [0.29, 0.717) is 5.92 Å². The third-order valence-electron chi connectivity index (χ3n) is 4.29. The molecule has 0 bridgehead atoms. The van der Waals surface area contributed by atoms with Gasteiger partial charge in [0.1, 0.15) is 18.9 Å². The molecule has 0 amide bonds. The zero-order chi connectivity index (χ0) is 14.7. The van der Waals surface area contributed by atoms with Gasteiger partial charge >= 0.3 is 0 Å². The summed E-state index contributed by atoms with van der Waals surface area (Å²) in [6, 6.07) is 17.5. The molecule has 118 valence electrons. The minimum absolute atomic E-state index is 0. The van der Waals surface area contributed by atoms with E-state index < -0.39 is 0 Å². The number of likely N-dealkylation sites (N-methyl/N-ethyl adjacent to an activating group) is 1. The fourth-order valence-corrected chi connectivity index (χ4v) is 3.07. The van der Waals surface area contributed by atoms with E-state index in [4.69, 9.17) is 4.74 Å². The molecule has 0 spiro atoms. The van der Waals surface area contributed by atoms with Gasteiger partial charge in [-0.25, -0.2) is 0 Å². The molecule has 1 aliphatic rings. The molecule has 0 heterocycles. The van der Waals surface area contributed by atoms with Gasteiger partial charge in [0.25, 0.3) is 0 Å². The Kier molecular flexibility index (Phi) is 5.87. The number of ether oxygens (including phenoxy) is 1. The maximum atomic E-state index is 5.78. The van der Waals surface area contributed by atoms with E-state index in [9.17, 15) is 0 Å². The van der Waals surface area contributed by atoms with Crippen LogP contribution in [-0.4, -0.2) is 27.2 Å². The maximum Gasteiger partial charge on any atom is 0.137 e. The highest BCUT2D eigenvalue weighted by Crippen LogP contribution is 2.38. The summed E-state index contributed by atoms with van der Waals surface area (Å²) in [6.45, 7) is 1.80. The number of nitrogens with one attached hydrogen (secondary N) is 1. The molecule has 0 saturated heterocycles. The number of quaternary nitrogens is 1. The first-order chi connectivity index (χ1) is 10.2. The minimum atomic E-state index is 0. The van der Waals surface area contributed by atoms with Gasteiger partial charge in [0, 0.05) is 5.92 Å². The van der Waals surface area contributed by atoms with Crippen LogP contribution in [0.15, 0.2) is 48.5 Å². The first kappa shape index (κ1) is 16.9. The highest BCUT2D eigenvalue weighted by atomic mass is 35.5. The topological polar surface area (TPSA) is 13.7 Å². The average Bonchev–Trinajstić information content (AvgIpc) is 2.92. The van der Waals surface area contributed by atoms with Crippen LogP contribution in [0.5, 0.6) is 5.75 Å². The largest absolute Gasteiger partial charge is 1.00 e. The highest BCUT2D eigenvalue weighted by Gasteiger charge is 2.23. The van der Waals surface area contributed by atoms with E-state index in [-0.39, 0.29) is 12.4 Å². The van der Waals surface area contributed by atoms with Crippen LogP contribution in [0.1, 0.15) is 29.0 Å². The van der Waals surface area contributed by atoms with E-state index >= 15 is 0 Å². The molecule has 3 heteroatoms. The van der Waals surface area contributed by atoms with Gasteiger partial charge in [0.15, 0.2) is 0 Å². The summed E-state index contributed by atoms with van der Waals surface area (Å²) in [5.41, 5.74) is 4.42. The molecule has 22 heavy (non-hydrogen) atoms. The summed E-state index contributed by atoms with van der Waals surface area (Å²) in [5.74, 6) is 1.53. The van der Waals surface area contributed by atoms with Crippen LogP contribution < -0.4 is 22.0 Å². The first-order valence-electron chi connectivity index (χ1n) is 7.83. The predicted molar refractivity (Wildman–Crippen MR) is 86.2 cm³/mol. The van der Waals surface area contributed by atoms with E-state index in [1.165, 1.54) is 34.4 Å². The van der Waals surface area contributed by atoms with Crippen molar-refractivity contribution in [2.24, 2.45) is 0 Å². The first-order valence-corrected chi connectivity index (χ1v) is 7.83. The van der Waals surface area contributed by atoms with Gasteiger partial charge in [-0.3, -0.25) is 0 Å². The van der Waals surface area contributed by atoms with Crippen molar-refractivity contribution in [2.45, 2.75) is 18.8 Å². The zero-order valence-corrected chi connectivity index (χ0v) is 14.1. The Hall–Kier alpha value is -1.51. The van der Waals surface area contributed by atoms with Gasteiger partial charge in [-0.1, -0.05) is 36.4 Å². The van der Waals surface area contributed by atoms with Crippen LogP contribution in [0.2, 0.25) is 0 Å². The van der Waals surface area contributed by atoms with Crippen molar-refractivity contribution in [1.29, 1.82) is 0 Å². The molecule has 0 aromatic heterocycles. The Morgan fingerprint density at radius 3 is 2.50 bits per heavy atom. The van der Waals surface area contributed by atoms with Crippen LogP contribution in [-0.2, 0) is 6.42 Å². The molecule has 0 fully saturated rings. The number of aryl methyl sites for hydroxylation is 1. The second-order valence-electron chi connectivity index (χ2n) is 6.16. The number of hydrogen-bond donors (Lipinski definition) is 1. The average molecular weight is 318 g/mol. The van der Waals surface area contributed by atoms with Crippen molar-refractivity contribution in [3.63, 3.8) is 0 Å². The summed E-state index contributed by atoms with van der Waals surface area (Å²) in [6.07, 6.45) is 2.42. The Bertz CT molecular complexity index is 595. The van der Waals surface area contributed by atoms with Crippen molar-refractivity contribution >= 4 is 0 Å². The lowest BCUT2D eigenvalue weighted by Crippen LogP contribution is -3.06. The fourth-order valence-electron chi connectivity index (χ4n) is 3.07. The third kappa shape index (κ3) is 3.82. The van der Waals surface area contributed by atoms with Crippen molar-refractivity contribution < 1.29 is 22.0 Å². The molecule has 1 unspecified atom stereocenters. The summed E-state index contributed by atoms with van der Waals surface area (Å²) in [4.78, 5) is 1.41. The number of hydrogen-bond acceptors (Lipinski definition) is 1. The number of halogens is 1. The van der Waals surface area contributed by atoms with E-state index in [0.717, 1.165) is 18.9 Å². The summed E-state index contributed by atoms with van der Waals surface area (Å²) in [5, 5.41) is 0.